The summed E-state index contributed by atoms with van der Waals surface area (Å²) in [6.45, 7) is 10.9. The number of ether oxygens (including phenoxy) is 1. The van der Waals surface area contributed by atoms with E-state index in [4.69, 9.17) is 4.74 Å². The van der Waals surface area contributed by atoms with Crippen LogP contribution in [0.15, 0.2) is 6.33 Å². The molecule has 5 nitrogen and oxygen atoms in total. The topological polar surface area (TPSA) is 56.2 Å². The maximum Gasteiger partial charge on any atom is 0.325 e. The predicted octanol–water partition coefficient (Wildman–Crippen LogP) is 2.21. The van der Waals surface area contributed by atoms with Gasteiger partial charge >= 0.3 is 5.97 Å². The zero-order valence-corrected chi connectivity index (χ0v) is 13.5. The Morgan fingerprint density at radius 1 is 1.50 bits per heavy atom. The van der Waals surface area contributed by atoms with Crippen LogP contribution in [0.1, 0.15) is 45.0 Å². The third kappa shape index (κ3) is 4.07. The molecule has 0 aromatic carbocycles. The fraction of sp³-hybridized carbons (Fsp3) is 0.733. The standard InChI is InChI=1S/C15H27N3O2/c1-11(2)17-15(5,14(19)20-6)8-7-9-18-10-16-12(3)13(18)4/h10-11,17H,7-9H2,1-6H3. The highest BCUT2D eigenvalue weighted by atomic mass is 16.5. The van der Waals surface area contributed by atoms with Crippen molar-refractivity contribution in [1.29, 1.82) is 0 Å². The van der Waals surface area contributed by atoms with Crippen LogP contribution in [0.25, 0.3) is 0 Å². The van der Waals surface area contributed by atoms with Crippen LogP contribution in [0.2, 0.25) is 0 Å². The number of imidazole rings is 1. The van der Waals surface area contributed by atoms with Gasteiger partial charge in [-0.3, -0.25) is 10.1 Å². The molecule has 0 aliphatic rings. The van der Waals surface area contributed by atoms with E-state index in [1.807, 2.05) is 34.0 Å². The fourth-order valence-corrected chi connectivity index (χ4v) is 2.47. The van der Waals surface area contributed by atoms with Crippen molar-refractivity contribution in [2.75, 3.05) is 7.11 Å². The Kier molecular flexibility index (Phi) is 5.74. The van der Waals surface area contributed by atoms with Crippen LogP contribution in [0.5, 0.6) is 0 Å². The number of esters is 1. The van der Waals surface area contributed by atoms with Crippen molar-refractivity contribution in [2.45, 2.75) is 65.6 Å². The van der Waals surface area contributed by atoms with E-state index in [9.17, 15) is 4.79 Å². The second-order valence-corrected chi connectivity index (χ2v) is 5.84. The Bertz CT molecular complexity index is 454. The van der Waals surface area contributed by atoms with Crippen LogP contribution >= 0.6 is 0 Å². The van der Waals surface area contributed by atoms with Crippen molar-refractivity contribution in [3.8, 4) is 0 Å². The zero-order valence-electron chi connectivity index (χ0n) is 13.5. The molecular weight excluding hydrogens is 254 g/mol. The van der Waals surface area contributed by atoms with Gasteiger partial charge < -0.3 is 9.30 Å². The molecule has 0 radical (unpaired) electrons. The van der Waals surface area contributed by atoms with Crippen LogP contribution in [0.4, 0.5) is 0 Å². The number of carbonyl (C=O) groups is 1. The van der Waals surface area contributed by atoms with Crippen molar-refractivity contribution in [2.24, 2.45) is 0 Å². The number of nitrogens with one attached hydrogen (secondary N) is 1. The molecule has 0 fully saturated rings. The number of aromatic nitrogens is 2. The quantitative estimate of drug-likeness (QED) is 0.779. The van der Waals surface area contributed by atoms with Gasteiger partial charge in [-0.05, 0) is 47.5 Å². The number of methoxy groups -OCH3 is 1. The van der Waals surface area contributed by atoms with Gasteiger partial charge in [-0.2, -0.15) is 0 Å². The first-order valence-electron chi connectivity index (χ1n) is 7.14. The summed E-state index contributed by atoms with van der Waals surface area (Å²) in [4.78, 5) is 16.3. The van der Waals surface area contributed by atoms with E-state index in [2.05, 4.69) is 21.8 Å². The van der Waals surface area contributed by atoms with Gasteiger partial charge in [0.05, 0.1) is 19.1 Å². The Hall–Kier alpha value is -1.36. The number of nitrogens with zero attached hydrogens (tertiary/aromatic N) is 2. The molecule has 1 heterocycles. The van der Waals surface area contributed by atoms with Crippen molar-refractivity contribution in [3.05, 3.63) is 17.7 Å². The molecule has 1 aromatic rings. The average Bonchev–Trinajstić information content (AvgIpc) is 2.68. The molecule has 0 amide bonds. The zero-order chi connectivity index (χ0) is 15.3. The highest BCUT2D eigenvalue weighted by Crippen LogP contribution is 2.17. The maximum absolute atomic E-state index is 12.0. The van der Waals surface area contributed by atoms with E-state index in [0.29, 0.717) is 0 Å². The van der Waals surface area contributed by atoms with Gasteiger partial charge in [-0.15, -0.1) is 0 Å². The lowest BCUT2D eigenvalue weighted by molar-refractivity contribution is -0.148. The molecule has 0 spiro atoms. The minimum absolute atomic E-state index is 0.204. The molecule has 20 heavy (non-hydrogen) atoms. The molecular formula is C15H27N3O2. The summed E-state index contributed by atoms with van der Waals surface area (Å²) < 4.78 is 7.05. The van der Waals surface area contributed by atoms with E-state index in [0.717, 1.165) is 25.1 Å². The fourth-order valence-electron chi connectivity index (χ4n) is 2.47. The van der Waals surface area contributed by atoms with Gasteiger partial charge in [0.25, 0.3) is 0 Å². The molecule has 1 N–H and O–H groups in total. The summed E-state index contributed by atoms with van der Waals surface area (Å²) in [7, 11) is 1.44. The van der Waals surface area contributed by atoms with E-state index >= 15 is 0 Å². The van der Waals surface area contributed by atoms with Crippen LogP contribution in [-0.2, 0) is 16.1 Å². The second-order valence-electron chi connectivity index (χ2n) is 5.84. The number of hydrogen-bond acceptors (Lipinski definition) is 4. The molecule has 1 atom stereocenters. The molecule has 1 aromatic heterocycles. The van der Waals surface area contributed by atoms with Gasteiger partial charge in [-0.1, -0.05) is 0 Å². The SMILES string of the molecule is COC(=O)C(C)(CCCn1cnc(C)c1C)NC(C)C. The Balaban J connectivity index is 2.63. The lowest BCUT2D eigenvalue weighted by Gasteiger charge is -2.30. The van der Waals surface area contributed by atoms with Crippen molar-refractivity contribution in [3.63, 3.8) is 0 Å². The van der Waals surface area contributed by atoms with Gasteiger partial charge in [0.1, 0.15) is 5.54 Å². The third-order valence-electron chi connectivity index (χ3n) is 3.66. The largest absolute Gasteiger partial charge is 0.468 e. The molecule has 0 aliphatic carbocycles. The van der Waals surface area contributed by atoms with Crippen molar-refractivity contribution < 1.29 is 9.53 Å². The molecule has 0 aliphatic heterocycles. The van der Waals surface area contributed by atoms with E-state index in [-0.39, 0.29) is 12.0 Å². The molecule has 0 saturated carbocycles. The highest BCUT2D eigenvalue weighted by molar-refractivity contribution is 5.80. The first-order valence-corrected chi connectivity index (χ1v) is 7.14. The summed E-state index contributed by atoms with van der Waals surface area (Å²) in [5.74, 6) is -0.204. The monoisotopic (exact) mass is 281 g/mol. The molecule has 114 valence electrons. The van der Waals surface area contributed by atoms with Crippen LogP contribution < -0.4 is 5.32 Å². The molecule has 0 saturated heterocycles. The summed E-state index contributed by atoms with van der Waals surface area (Å²) >= 11 is 0. The van der Waals surface area contributed by atoms with Crippen LogP contribution in [0.3, 0.4) is 0 Å². The number of hydrogen-bond donors (Lipinski definition) is 1. The predicted molar refractivity (Wildman–Crippen MR) is 79.6 cm³/mol. The third-order valence-corrected chi connectivity index (χ3v) is 3.66. The molecule has 5 heteroatoms. The lowest BCUT2D eigenvalue weighted by Crippen LogP contribution is -2.53. The van der Waals surface area contributed by atoms with Gasteiger partial charge in [-0.25, -0.2) is 4.98 Å². The summed E-state index contributed by atoms with van der Waals surface area (Å²) in [5, 5.41) is 3.31. The van der Waals surface area contributed by atoms with Crippen molar-refractivity contribution >= 4 is 5.97 Å². The number of aryl methyl sites for hydroxylation is 2. The molecule has 1 unspecified atom stereocenters. The maximum atomic E-state index is 12.0. The van der Waals surface area contributed by atoms with Crippen molar-refractivity contribution in [1.82, 2.24) is 14.9 Å². The van der Waals surface area contributed by atoms with Gasteiger partial charge in [0, 0.05) is 18.3 Å². The van der Waals surface area contributed by atoms with E-state index in [1.54, 1.807) is 0 Å². The lowest BCUT2D eigenvalue weighted by atomic mass is 9.94. The first-order chi connectivity index (χ1) is 9.30. The van der Waals surface area contributed by atoms with E-state index in [1.165, 1.54) is 12.8 Å². The molecule has 0 bridgehead atoms. The summed E-state index contributed by atoms with van der Waals surface area (Å²) in [5.41, 5.74) is 1.61. The Morgan fingerprint density at radius 2 is 2.15 bits per heavy atom. The van der Waals surface area contributed by atoms with E-state index < -0.39 is 5.54 Å². The van der Waals surface area contributed by atoms with Gasteiger partial charge in [0.15, 0.2) is 0 Å². The Morgan fingerprint density at radius 3 is 2.60 bits per heavy atom. The number of carbonyl (C=O) groups excluding carboxylic acids is 1. The van der Waals surface area contributed by atoms with Crippen LogP contribution in [0, 0.1) is 13.8 Å². The highest BCUT2D eigenvalue weighted by Gasteiger charge is 2.34. The smallest absolute Gasteiger partial charge is 0.325 e. The second kappa shape index (κ2) is 6.88. The Labute approximate surface area is 121 Å². The normalized spacial score (nSPS) is 14.3. The van der Waals surface area contributed by atoms with Crippen LogP contribution in [-0.4, -0.2) is 34.2 Å². The minimum atomic E-state index is -0.632. The van der Waals surface area contributed by atoms with Gasteiger partial charge in [0.2, 0.25) is 0 Å². The summed E-state index contributed by atoms with van der Waals surface area (Å²) in [6, 6.07) is 0.233. The summed E-state index contributed by atoms with van der Waals surface area (Å²) in [6.07, 6.45) is 3.48. The first kappa shape index (κ1) is 16.7. The average molecular weight is 281 g/mol. The number of rotatable bonds is 7. The minimum Gasteiger partial charge on any atom is -0.468 e. The molecule has 1 rings (SSSR count).